The summed E-state index contributed by atoms with van der Waals surface area (Å²) < 4.78 is 43.3. The monoisotopic (exact) mass is 636 g/mol. The minimum absolute atomic E-state index is 0.132. The van der Waals surface area contributed by atoms with E-state index in [4.69, 9.17) is 23.2 Å². The molecule has 0 bridgehead atoms. The summed E-state index contributed by atoms with van der Waals surface area (Å²) in [6.45, 7) is 1.41. The van der Waals surface area contributed by atoms with Crippen molar-refractivity contribution in [2.24, 2.45) is 0 Å². The number of rotatable bonds is 14. The van der Waals surface area contributed by atoms with Gasteiger partial charge in [-0.25, -0.2) is 8.70 Å². The van der Waals surface area contributed by atoms with Crippen LogP contribution in [-0.4, -0.2) is 62.7 Å². The van der Waals surface area contributed by atoms with Crippen LogP contribution in [0.15, 0.2) is 72.8 Å². The first-order chi connectivity index (χ1) is 20.0. The quantitative estimate of drug-likeness (QED) is 0.243. The minimum Gasteiger partial charge on any atom is -0.354 e. The summed E-state index contributed by atoms with van der Waals surface area (Å²) in [6.07, 6.45) is 1.71. The Morgan fingerprint density at radius 2 is 1.55 bits per heavy atom. The van der Waals surface area contributed by atoms with E-state index in [2.05, 4.69) is 5.32 Å². The number of para-hydroxylation sites is 1. The highest BCUT2D eigenvalue weighted by Gasteiger charge is 2.36. The average molecular weight is 638 g/mol. The zero-order valence-corrected chi connectivity index (χ0v) is 26.1. The van der Waals surface area contributed by atoms with Gasteiger partial charge < -0.3 is 10.2 Å². The van der Waals surface area contributed by atoms with Crippen LogP contribution >= 0.6 is 23.2 Å². The standard InChI is InChI=1S/C30H35Cl2FN4O4S/c1-4-5-18-34-30(39)28(19-22-12-7-6-8-13-22)36(20-23-24(31)14-11-15-25(23)32)29(38)21-37(42(40,41)35(2)3)27-17-10-9-16-26(27)33/h6-17,28H,4-5,18-21H2,1-3H3,(H,34,39)/t28-/m1/s1. The molecule has 0 spiro atoms. The molecule has 1 atom stereocenters. The van der Waals surface area contributed by atoms with E-state index in [0.29, 0.717) is 16.4 Å². The fourth-order valence-electron chi connectivity index (χ4n) is 4.27. The second kappa shape index (κ2) is 15.3. The third-order valence-corrected chi connectivity index (χ3v) is 9.14. The second-order valence-electron chi connectivity index (χ2n) is 9.82. The molecule has 1 N–H and O–H groups in total. The molecule has 2 amide bonds. The highest BCUT2D eigenvalue weighted by atomic mass is 35.5. The van der Waals surface area contributed by atoms with Crippen LogP contribution in [0, 0.1) is 5.82 Å². The zero-order chi connectivity index (χ0) is 30.9. The van der Waals surface area contributed by atoms with E-state index in [-0.39, 0.29) is 28.7 Å². The molecule has 0 aliphatic heterocycles. The van der Waals surface area contributed by atoms with Crippen LogP contribution in [0.4, 0.5) is 10.1 Å². The number of amides is 2. The number of anilines is 1. The molecule has 0 unspecified atom stereocenters. The molecule has 0 saturated carbocycles. The molecule has 226 valence electrons. The largest absolute Gasteiger partial charge is 0.354 e. The van der Waals surface area contributed by atoms with Crippen LogP contribution < -0.4 is 9.62 Å². The molecule has 0 aliphatic rings. The van der Waals surface area contributed by atoms with Gasteiger partial charge in [0.2, 0.25) is 11.8 Å². The van der Waals surface area contributed by atoms with E-state index >= 15 is 0 Å². The number of carbonyl (C=O) groups is 2. The Bertz CT molecular complexity index is 1450. The topological polar surface area (TPSA) is 90.0 Å². The number of nitrogens with one attached hydrogen (secondary N) is 1. The summed E-state index contributed by atoms with van der Waals surface area (Å²) in [4.78, 5) is 29.1. The Hall–Kier alpha value is -3.18. The fraction of sp³-hybridized carbons (Fsp3) is 0.333. The Kier molecular flexibility index (Phi) is 12.2. The van der Waals surface area contributed by atoms with Crippen molar-refractivity contribution >= 4 is 50.9 Å². The molecule has 0 radical (unpaired) electrons. The molecule has 3 aromatic carbocycles. The maximum Gasteiger partial charge on any atom is 0.304 e. The molecular formula is C30H35Cl2FN4O4S. The fourth-order valence-corrected chi connectivity index (χ4v) is 5.85. The van der Waals surface area contributed by atoms with Gasteiger partial charge in [0.1, 0.15) is 18.4 Å². The first kappa shape index (κ1) is 33.3. The maximum atomic E-state index is 14.9. The van der Waals surface area contributed by atoms with E-state index in [0.717, 1.165) is 28.8 Å². The zero-order valence-electron chi connectivity index (χ0n) is 23.8. The molecule has 0 aliphatic carbocycles. The lowest BCUT2D eigenvalue weighted by atomic mass is 10.0. The normalized spacial score (nSPS) is 12.2. The molecule has 3 rings (SSSR count). The van der Waals surface area contributed by atoms with Gasteiger partial charge in [-0.05, 0) is 36.2 Å². The first-order valence-electron chi connectivity index (χ1n) is 13.5. The van der Waals surface area contributed by atoms with Gasteiger partial charge in [0.15, 0.2) is 0 Å². The number of nitrogens with zero attached hydrogens (tertiary/aromatic N) is 3. The Labute approximate surface area is 257 Å². The average Bonchev–Trinajstić information content (AvgIpc) is 2.95. The summed E-state index contributed by atoms with van der Waals surface area (Å²) >= 11 is 13.0. The van der Waals surface area contributed by atoms with Gasteiger partial charge in [0.25, 0.3) is 0 Å². The Morgan fingerprint density at radius 3 is 2.14 bits per heavy atom. The summed E-state index contributed by atoms with van der Waals surface area (Å²) in [6, 6.07) is 18.2. The first-order valence-corrected chi connectivity index (χ1v) is 15.6. The van der Waals surface area contributed by atoms with Crippen molar-refractivity contribution in [1.29, 1.82) is 0 Å². The number of hydrogen-bond acceptors (Lipinski definition) is 4. The predicted molar refractivity (Wildman–Crippen MR) is 165 cm³/mol. The van der Waals surface area contributed by atoms with Crippen LogP contribution in [0.25, 0.3) is 0 Å². The van der Waals surface area contributed by atoms with Gasteiger partial charge in [0.05, 0.1) is 5.69 Å². The minimum atomic E-state index is -4.33. The molecule has 0 saturated heterocycles. The third-order valence-electron chi connectivity index (χ3n) is 6.63. The lowest BCUT2D eigenvalue weighted by molar-refractivity contribution is -0.140. The maximum absolute atomic E-state index is 14.9. The number of unbranched alkanes of at least 4 members (excludes halogenated alkanes) is 1. The van der Waals surface area contributed by atoms with E-state index in [1.807, 2.05) is 37.3 Å². The number of benzene rings is 3. The lowest BCUT2D eigenvalue weighted by Crippen LogP contribution is -2.54. The van der Waals surface area contributed by atoms with E-state index < -0.39 is 40.4 Å². The molecule has 12 heteroatoms. The van der Waals surface area contributed by atoms with Crippen molar-refractivity contribution in [2.45, 2.75) is 38.8 Å². The Balaban J connectivity index is 2.13. The SMILES string of the molecule is CCCCNC(=O)[C@@H](Cc1ccccc1)N(Cc1c(Cl)cccc1Cl)C(=O)CN(c1ccccc1F)S(=O)(=O)N(C)C. The van der Waals surface area contributed by atoms with E-state index in [1.165, 1.54) is 37.2 Å². The van der Waals surface area contributed by atoms with Crippen molar-refractivity contribution in [3.8, 4) is 0 Å². The van der Waals surface area contributed by atoms with Crippen molar-refractivity contribution in [3.05, 3.63) is 99.8 Å². The number of carbonyl (C=O) groups excluding carboxylic acids is 2. The second-order valence-corrected chi connectivity index (χ2v) is 12.7. The van der Waals surface area contributed by atoms with Gasteiger partial charge >= 0.3 is 10.2 Å². The van der Waals surface area contributed by atoms with E-state index in [1.54, 1.807) is 18.2 Å². The third kappa shape index (κ3) is 8.44. The van der Waals surface area contributed by atoms with Crippen LogP contribution in [-0.2, 0) is 32.8 Å². The predicted octanol–water partition coefficient (Wildman–Crippen LogP) is 5.30. The van der Waals surface area contributed by atoms with Gasteiger partial charge in [0, 0.05) is 49.2 Å². The summed E-state index contributed by atoms with van der Waals surface area (Å²) in [7, 11) is -1.76. The molecule has 0 aromatic heterocycles. The summed E-state index contributed by atoms with van der Waals surface area (Å²) in [5.41, 5.74) is 0.867. The molecule has 3 aromatic rings. The van der Waals surface area contributed by atoms with Crippen molar-refractivity contribution in [3.63, 3.8) is 0 Å². The van der Waals surface area contributed by atoms with E-state index in [9.17, 15) is 22.4 Å². The highest BCUT2D eigenvalue weighted by molar-refractivity contribution is 7.90. The van der Waals surface area contributed by atoms with Crippen LogP contribution in [0.5, 0.6) is 0 Å². The van der Waals surface area contributed by atoms with Crippen LogP contribution in [0.2, 0.25) is 10.0 Å². The molecule has 0 heterocycles. The summed E-state index contributed by atoms with van der Waals surface area (Å²) in [5.74, 6) is -1.99. The van der Waals surface area contributed by atoms with Crippen molar-refractivity contribution < 1.29 is 22.4 Å². The van der Waals surface area contributed by atoms with Gasteiger partial charge in [-0.1, -0.05) is 85.1 Å². The lowest BCUT2D eigenvalue weighted by Gasteiger charge is -2.34. The summed E-state index contributed by atoms with van der Waals surface area (Å²) in [5, 5.41) is 3.45. The number of halogens is 3. The molecule has 0 fully saturated rings. The number of hydrogen-bond donors (Lipinski definition) is 1. The van der Waals surface area contributed by atoms with Crippen LogP contribution in [0.1, 0.15) is 30.9 Å². The van der Waals surface area contributed by atoms with Gasteiger partial charge in [-0.15, -0.1) is 0 Å². The van der Waals surface area contributed by atoms with Gasteiger partial charge in [-0.2, -0.15) is 12.7 Å². The smallest absolute Gasteiger partial charge is 0.304 e. The van der Waals surface area contributed by atoms with Gasteiger partial charge in [-0.3, -0.25) is 9.59 Å². The molecular weight excluding hydrogens is 602 g/mol. The van der Waals surface area contributed by atoms with Crippen molar-refractivity contribution in [2.75, 3.05) is 31.5 Å². The highest BCUT2D eigenvalue weighted by Crippen LogP contribution is 2.28. The molecule has 8 nitrogen and oxygen atoms in total. The molecule has 42 heavy (non-hydrogen) atoms. The Morgan fingerprint density at radius 1 is 0.929 bits per heavy atom. The van der Waals surface area contributed by atoms with Crippen LogP contribution in [0.3, 0.4) is 0 Å². The van der Waals surface area contributed by atoms with Crippen molar-refractivity contribution in [1.82, 2.24) is 14.5 Å².